The van der Waals surface area contributed by atoms with Crippen LogP contribution in [0.4, 0.5) is 0 Å². The zero-order valence-electron chi connectivity index (χ0n) is 19.8. The molecular formula is C24H31Cl2N3O4S. The van der Waals surface area contributed by atoms with Gasteiger partial charge in [0.1, 0.15) is 6.04 Å². The van der Waals surface area contributed by atoms with Crippen LogP contribution in [-0.2, 0) is 26.2 Å². The second-order valence-electron chi connectivity index (χ2n) is 8.39. The van der Waals surface area contributed by atoms with Crippen LogP contribution in [0.3, 0.4) is 0 Å². The predicted octanol–water partition coefficient (Wildman–Crippen LogP) is 4.19. The molecule has 0 saturated heterocycles. The Morgan fingerprint density at radius 1 is 1.03 bits per heavy atom. The van der Waals surface area contributed by atoms with Gasteiger partial charge < -0.3 is 10.2 Å². The number of nitrogens with zero attached hydrogens (tertiary/aromatic N) is 2. The SMILES string of the molecule is CC[C@H](C(=O)NCC(C)C)N(Cc1ccccc1Cl)C(=O)CN(C)S(=O)(=O)c1ccc(Cl)cc1. The molecule has 0 saturated carbocycles. The van der Waals surface area contributed by atoms with Crippen molar-refractivity contribution in [2.24, 2.45) is 5.92 Å². The molecule has 186 valence electrons. The Morgan fingerprint density at radius 3 is 2.21 bits per heavy atom. The molecule has 2 aromatic carbocycles. The van der Waals surface area contributed by atoms with Crippen molar-refractivity contribution < 1.29 is 18.0 Å². The molecule has 2 rings (SSSR count). The van der Waals surface area contributed by atoms with E-state index in [2.05, 4.69) is 5.32 Å². The molecule has 0 spiro atoms. The van der Waals surface area contributed by atoms with Crippen LogP contribution in [0.15, 0.2) is 53.4 Å². The molecule has 0 aliphatic heterocycles. The summed E-state index contributed by atoms with van der Waals surface area (Å²) in [4.78, 5) is 27.8. The van der Waals surface area contributed by atoms with Crippen LogP contribution < -0.4 is 5.32 Å². The molecule has 1 atom stereocenters. The number of amides is 2. The summed E-state index contributed by atoms with van der Waals surface area (Å²) < 4.78 is 26.9. The van der Waals surface area contributed by atoms with Gasteiger partial charge in [-0.3, -0.25) is 9.59 Å². The van der Waals surface area contributed by atoms with Crippen molar-refractivity contribution in [1.82, 2.24) is 14.5 Å². The van der Waals surface area contributed by atoms with Crippen LogP contribution in [0.1, 0.15) is 32.8 Å². The molecule has 2 amide bonds. The molecular weight excluding hydrogens is 497 g/mol. The van der Waals surface area contributed by atoms with E-state index in [0.717, 1.165) is 4.31 Å². The van der Waals surface area contributed by atoms with Crippen molar-refractivity contribution in [2.45, 2.75) is 44.7 Å². The average molecular weight is 529 g/mol. The van der Waals surface area contributed by atoms with E-state index >= 15 is 0 Å². The third-order valence-corrected chi connectivity index (χ3v) is 7.69. The maximum atomic E-state index is 13.4. The Hall–Kier alpha value is -2.13. The Labute approximate surface area is 212 Å². The normalized spacial score (nSPS) is 12.6. The fourth-order valence-electron chi connectivity index (χ4n) is 3.30. The highest BCUT2D eigenvalue weighted by atomic mass is 35.5. The quantitative estimate of drug-likeness (QED) is 0.474. The fraction of sp³-hybridized carbons (Fsp3) is 0.417. The van der Waals surface area contributed by atoms with E-state index in [1.54, 1.807) is 31.2 Å². The van der Waals surface area contributed by atoms with Crippen LogP contribution >= 0.6 is 23.2 Å². The number of hydrogen-bond acceptors (Lipinski definition) is 4. The number of rotatable bonds is 11. The van der Waals surface area contributed by atoms with Crippen molar-refractivity contribution in [1.29, 1.82) is 0 Å². The first-order chi connectivity index (χ1) is 16.0. The van der Waals surface area contributed by atoms with Gasteiger partial charge in [0, 0.05) is 30.2 Å². The molecule has 34 heavy (non-hydrogen) atoms. The number of carbonyl (C=O) groups is 2. The molecule has 2 aromatic rings. The lowest BCUT2D eigenvalue weighted by atomic mass is 10.1. The van der Waals surface area contributed by atoms with Crippen LogP contribution in [0.5, 0.6) is 0 Å². The van der Waals surface area contributed by atoms with Crippen LogP contribution in [-0.4, -0.2) is 55.6 Å². The lowest BCUT2D eigenvalue weighted by molar-refractivity contribution is -0.141. The second kappa shape index (κ2) is 12.5. The number of carbonyl (C=O) groups excluding carboxylic acids is 2. The monoisotopic (exact) mass is 527 g/mol. The molecule has 1 N–H and O–H groups in total. The Balaban J connectivity index is 2.32. The topological polar surface area (TPSA) is 86.8 Å². The number of hydrogen-bond donors (Lipinski definition) is 1. The summed E-state index contributed by atoms with van der Waals surface area (Å²) in [5.41, 5.74) is 0.663. The minimum absolute atomic E-state index is 0.0200. The van der Waals surface area contributed by atoms with Gasteiger partial charge in [0.15, 0.2) is 0 Å². The number of sulfonamides is 1. The zero-order valence-corrected chi connectivity index (χ0v) is 22.1. The summed E-state index contributed by atoms with van der Waals surface area (Å²) >= 11 is 12.2. The smallest absolute Gasteiger partial charge is 0.243 e. The summed E-state index contributed by atoms with van der Waals surface area (Å²) in [5.74, 6) is -0.559. The highest BCUT2D eigenvalue weighted by molar-refractivity contribution is 7.89. The van der Waals surface area contributed by atoms with Crippen molar-refractivity contribution >= 4 is 45.0 Å². The first-order valence-electron chi connectivity index (χ1n) is 11.0. The largest absolute Gasteiger partial charge is 0.354 e. The molecule has 0 aromatic heterocycles. The van der Waals surface area contributed by atoms with Gasteiger partial charge in [-0.25, -0.2) is 8.42 Å². The maximum Gasteiger partial charge on any atom is 0.243 e. The molecule has 7 nitrogen and oxygen atoms in total. The third kappa shape index (κ3) is 7.43. The summed E-state index contributed by atoms with van der Waals surface area (Å²) in [6.45, 7) is 5.86. The Bertz CT molecular complexity index is 1090. The lowest BCUT2D eigenvalue weighted by Gasteiger charge is -2.32. The molecule has 0 heterocycles. The van der Waals surface area contributed by atoms with Gasteiger partial charge in [0.25, 0.3) is 0 Å². The summed E-state index contributed by atoms with van der Waals surface area (Å²) in [5, 5.41) is 3.74. The highest BCUT2D eigenvalue weighted by Crippen LogP contribution is 2.21. The third-order valence-electron chi connectivity index (χ3n) is 5.25. The molecule has 0 bridgehead atoms. The Kier molecular flexibility index (Phi) is 10.4. The van der Waals surface area contributed by atoms with E-state index < -0.39 is 28.5 Å². The molecule has 0 radical (unpaired) electrons. The van der Waals surface area contributed by atoms with Crippen molar-refractivity contribution in [3.63, 3.8) is 0 Å². The van der Waals surface area contributed by atoms with Crippen LogP contribution in [0, 0.1) is 5.92 Å². The van der Waals surface area contributed by atoms with E-state index in [4.69, 9.17) is 23.2 Å². The maximum absolute atomic E-state index is 13.4. The van der Waals surface area contributed by atoms with Gasteiger partial charge in [-0.2, -0.15) is 4.31 Å². The minimum Gasteiger partial charge on any atom is -0.354 e. The van der Waals surface area contributed by atoms with E-state index in [1.165, 1.54) is 36.2 Å². The average Bonchev–Trinajstić information content (AvgIpc) is 2.78. The highest BCUT2D eigenvalue weighted by Gasteiger charge is 2.32. The molecule has 10 heteroatoms. The van der Waals surface area contributed by atoms with Gasteiger partial charge in [0.2, 0.25) is 21.8 Å². The van der Waals surface area contributed by atoms with Gasteiger partial charge in [-0.15, -0.1) is 0 Å². The predicted molar refractivity (Wildman–Crippen MR) is 135 cm³/mol. The Morgan fingerprint density at radius 2 is 1.65 bits per heavy atom. The van der Waals surface area contributed by atoms with E-state index in [0.29, 0.717) is 28.6 Å². The first-order valence-corrected chi connectivity index (χ1v) is 13.2. The van der Waals surface area contributed by atoms with Gasteiger partial charge >= 0.3 is 0 Å². The first kappa shape index (κ1) is 28.1. The van der Waals surface area contributed by atoms with E-state index in [9.17, 15) is 18.0 Å². The van der Waals surface area contributed by atoms with Crippen molar-refractivity contribution in [3.8, 4) is 0 Å². The van der Waals surface area contributed by atoms with Gasteiger partial charge in [-0.1, -0.05) is 62.2 Å². The van der Waals surface area contributed by atoms with Crippen LogP contribution in [0.2, 0.25) is 10.0 Å². The summed E-state index contributed by atoms with van der Waals surface area (Å²) in [6.07, 6.45) is 0.355. The molecule has 0 aliphatic rings. The summed E-state index contributed by atoms with van der Waals surface area (Å²) in [6, 6.07) is 12.0. The zero-order chi connectivity index (χ0) is 25.5. The second-order valence-corrected chi connectivity index (χ2v) is 11.3. The molecule has 0 fully saturated rings. The summed E-state index contributed by atoms with van der Waals surface area (Å²) in [7, 11) is -2.61. The van der Waals surface area contributed by atoms with Crippen molar-refractivity contribution in [2.75, 3.05) is 20.1 Å². The number of likely N-dealkylation sites (N-methyl/N-ethyl adjacent to an activating group) is 1. The standard InChI is InChI=1S/C24H31Cl2N3O4S/c1-5-22(24(31)27-14-17(2)3)29(15-18-8-6-7-9-21(18)26)23(30)16-28(4)34(32,33)20-12-10-19(25)11-13-20/h6-13,17,22H,5,14-16H2,1-4H3,(H,27,31)/t22-/m1/s1. The van der Waals surface area contributed by atoms with Gasteiger partial charge in [-0.05, 0) is 48.2 Å². The van der Waals surface area contributed by atoms with E-state index in [1.807, 2.05) is 13.8 Å². The van der Waals surface area contributed by atoms with Gasteiger partial charge in [0.05, 0.1) is 11.4 Å². The van der Waals surface area contributed by atoms with Crippen molar-refractivity contribution in [3.05, 3.63) is 64.1 Å². The number of benzene rings is 2. The fourth-order valence-corrected chi connectivity index (χ4v) is 4.75. The number of halogens is 2. The lowest BCUT2D eigenvalue weighted by Crippen LogP contribution is -2.52. The van der Waals surface area contributed by atoms with Crippen LogP contribution in [0.25, 0.3) is 0 Å². The molecule has 0 unspecified atom stereocenters. The minimum atomic E-state index is -3.94. The molecule has 0 aliphatic carbocycles. The van der Waals surface area contributed by atoms with E-state index in [-0.39, 0.29) is 23.3 Å². The number of nitrogens with one attached hydrogen (secondary N) is 1.